The molecule has 14 heteroatoms. The van der Waals surface area contributed by atoms with Crippen LogP contribution in [-0.4, -0.2) is 103 Å². The molecule has 2 aromatic carbocycles. The summed E-state index contributed by atoms with van der Waals surface area (Å²) in [5, 5.41) is 11.1. The number of rotatable bonds is 13. The topological polar surface area (TPSA) is 181 Å². The van der Waals surface area contributed by atoms with Crippen LogP contribution in [0.25, 0.3) is 0 Å². The van der Waals surface area contributed by atoms with Gasteiger partial charge >= 0.3 is 0 Å². The van der Waals surface area contributed by atoms with Gasteiger partial charge in [0.1, 0.15) is 17.8 Å². The number of benzene rings is 2. The average molecular weight is 818 g/mol. The van der Waals surface area contributed by atoms with Gasteiger partial charge in [-0.1, -0.05) is 75.1 Å². The minimum absolute atomic E-state index is 0.0626. The van der Waals surface area contributed by atoms with E-state index in [-0.39, 0.29) is 50.1 Å². The Morgan fingerprint density at radius 3 is 2.41 bits per heavy atom. The number of ether oxygens (including phenoxy) is 3. The van der Waals surface area contributed by atoms with Gasteiger partial charge in [-0.25, -0.2) is 0 Å². The number of nitrogens with zero attached hydrogens (tertiary/aromatic N) is 1. The molecule has 2 aromatic rings. The Kier molecular flexibility index (Phi) is 16.9. The third-order valence-corrected chi connectivity index (χ3v) is 11.0. The molecule has 4 N–H and O–H groups in total. The fraction of sp³-hybridized carbons (Fsp3) is 0.600. The fourth-order valence-corrected chi connectivity index (χ4v) is 7.95. The summed E-state index contributed by atoms with van der Waals surface area (Å²) in [7, 11) is 0. The van der Waals surface area contributed by atoms with E-state index in [1.54, 1.807) is 0 Å². The Hall–Kier alpha value is -4.82. The first-order valence-corrected chi connectivity index (χ1v) is 21.3. The van der Waals surface area contributed by atoms with E-state index in [0.29, 0.717) is 31.8 Å². The third kappa shape index (κ3) is 13.9. The van der Waals surface area contributed by atoms with Gasteiger partial charge < -0.3 is 40.4 Å². The number of Topliss-reactive ketones (excluding diaryl/α,β-unsaturated/α-hetero) is 1. The van der Waals surface area contributed by atoms with Crippen LogP contribution >= 0.6 is 0 Å². The molecule has 1 aliphatic carbocycles. The van der Waals surface area contributed by atoms with Crippen molar-refractivity contribution in [2.45, 2.75) is 134 Å². The van der Waals surface area contributed by atoms with Crippen molar-refractivity contribution in [3.05, 3.63) is 65.7 Å². The highest BCUT2D eigenvalue weighted by Gasteiger charge is 2.45. The lowest BCUT2D eigenvalue weighted by molar-refractivity contribution is -0.144. The number of amides is 5. The SMILES string of the molecule is CCCC(NC(=O)C1C[C@@H]2CN1C(=O)[C@@H](C1CCCCC1)NC(=O)Cc1cccc(c1)OCCCCO2)C(=O)C(=O)NCC(=O)N[C@H](COC(C)(C)C)c1ccccc1. The van der Waals surface area contributed by atoms with Crippen LogP contribution in [0, 0.1) is 5.92 Å². The van der Waals surface area contributed by atoms with E-state index in [0.717, 1.165) is 49.7 Å². The molecule has 2 aliphatic heterocycles. The molecule has 2 fully saturated rings. The number of nitrogens with one attached hydrogen (secondary N) is 4. The monoisotopic (exact) mass is 817 g/mol. The number of hydrogen-bond donors (Lipinski definition) is 4. The molecule has 14 nitrogen and oxygen atoms in total. The first kappa shape index (κ1) is 45.3. The maximum Gasteiger partial charge on any atom is 0.290 e. The Balaban J connectivity index is 1.27. The van der Waals surface area contributed by atoms with E-state index in [9.17, 15) is 28.8 Å². The standard InChI is InChI=1S/C45H63N5O9/c1-5-15-35(41(53)43(55)46-27-39(52)47-36(29-59-45(2,3)4)31-17-8-6-9-18-31)48-42(54)37-26-34-28-50(37)44(56)40(32-19-10-7-11-20-32)49-38(51)25-30-16-14-21-33(24-30)57-22-12-13-23-58-34/h6,8-9,14,16-18,21,24,32,34-37,40H,5,7,10-13,15,19-20,22-23,25-29H2,1-4H3,(H,46,55)(H,47,52)(H,48,54)(H,49,51)/t34-,35?,36-,37?,40-/m1/s1. The van der Waals surface area contributed by atoms with Crippen LogP contribution in [0.4, 0.5) is 0 Å². The molecule has 1 saturated carbocycles. The van der Waals surface area contributed by atoms with Gasteiger partial charge in [0.25, 0.3) is 5.91 Å². The summed E-state index contributed by atoms with van der Waals surface area (Å²) in [6.07, 6.45) is 6.29. The first-order valence-electron chi connectivity index (χ1n) is 21.3. The van der Waals surface area contributed by atoms with E-state index in [1.165, 1.54) is 4.90 Å². The van der Waals surface area contributed by atoms with Crippen molar-refractivity contribution in [2.24, 2.45) is 5.92 Å². The highest BCUT2D eigenvalue weighted by molar-refractivity contribution is 6.38. The third-order valence-electron chi connectivity index (χ3n) is 11.0. The Labute approximate surface area is 348 Å². The van der Waals surface area contributed by atoms with Crippen molar-refractivity contribution in [2.75, 3.05) is 32.9 Å². The average Bonchev–Trinajstić information content (AvgIpc) is 3.65. The summed E-state index contributed by atoms with van der Waals surface area (Å²) in [5.74, 6) is -3.09. The molecule has 0 aromatic heterocycles. The van der Waals surface area contributed by atoms with Gasteiger partial charge in [0.15, 0.2) is 0 Å². The van der Waals surface area contributed by atoms with Crippen molar-refractivity contribution in [3.63, 3.8) is 0 Å². The molecule has 2 unspecified atom stereocenters. The summed E-state index contributed by atoms with van der Waals surface area (Å²) in [6.45, 7) is 8.30. The molecular weight excluding hydrogens is 755 g/mol. The van der Waals surface area contributed by atoms with Crippen molar-refractivity contribution < 1.29 is 43.0 Å². The highest BCUT2D eigenvalue weighted by Crippen LogP contribution is 2.31. The first-order chi connectivity index (χ1) is 28.3. The Morgan fingerprint density at radius 2 is 1.68 bits per heavy atom. The highest BCUT2D eigenvalue weighted by atomic mass is 16.5. The van der Waals surface area contributed by atoms with Gasteiger partial charge in [0.05, 0.1) is 50.0 Å². The summed E-state index contributed by atoms with van der Waals surface area (Å²) >= 11 is 0. The van der Waals surface area contributed by atoms with Gasteiger partial charge in [0.2, 0.25) is 29.4 Å². The number of hydrogen-bond acceptors (Lipinski definition) is 9. The van der Waals surface area contributed by atoms with Crippen LogP contribution < -0.4 is 26.0 Å². The van der Waals surface area contributed by atoms with Crippen LogP contribution in [0.3, 0.4) is 0 Å². The lowest BCUT2D eigenvalue weighted by Crippen LogP contribution is -2.58. The predicted octanol–water partition coefficient (Wildman–Crippen LogP) is 4.10. The van der Waals surface area contributed by atoms with Crippen LogP contribution in [0.1, 0.15) is 109 Å². The smallest absolute Gasteiger partial charge is 0.290 e. The largest absolute Gasteiger partial charge is 0.494 e. The van der Waals surface area contributed by atoms with Crippen molar-refractivity contribution in [1.82, 2.24) is 26.2 Å². The van der Waals surface area contributed by atoms with E-state index >= 15 is 0 Å². The van der Waals surface area contributed by atoms with Gasteiger partial charge in [-0.3, -0.25) is 28.8 Å². The molecule has 5 atom stereocenters. The number of fused-ring (bicyclic) bond motifs is 4. The van der Waals surface area contributed by atoms with Gasteiger partial charge in [0, 0.05) is 19.6 Å². The van der Waals surface area contributed by atoms with Crippen molar-refractivity contribution in [3.8, 4) is 5.75 Å². The second-order valence-electron chi connectivity index (χ2n) is 16.9. The lowest BCUT2D eigenvalue weighted by Gasteiger charge is -2.35. The zero-order chi connectivity index (χ0) is 42.4. The van der Waals surface area contributed by atoms with E-state index < -0.39 is 65.9 Å². The molecule has 4 bridgehead atoms. The fourth-order valence-electron chi connectivity index (χ4n) is 7.95. The molecule has 1 saturated heterocycles. The molecule has 322 valence electrons. The number of carbonyl (C=O) groups is 6. The summed E-state index contributed by atoms with van der Waals surface area (Å²) in [5.41, 5.74) is 1.14. The van der Waals surface area contributed by atoms with E-state index in [1.807, 2.05) is 82.3 Å². The molecule has 0 radical (unpaired) electrons. The molecule has 5 rings (SSSR count). The van der Waals surface area contributed by atoms with Crippen molar-refractivity contribution in [1.29, 1.82) is 0 Å². The number of carbonyl (C=O) groups excluding carboxylic acids is 6. The van der Waals surface area contributed by atoms with Crippen LogP contribution in [0.15, 0.2) is 54.6 Å². The quantitative estimate of drug-likeness (QED) is 0.217. The Bertz CT molecular complexity index is 1740. The van der Waals surface area contributed by atoms with Gasteiger partial charge in [-0.05, 0) is 82.1 Å². The predicted molar refractivity (Wildman–Crippen MR) is 221 cm³/mol. The van der Waals surface area contributed by atoms with Gasteiger partial charge in [-0.2, -0.15) is 0 Å². The molecular formula is C45H63N5O9. The summed E-state index contributed by atoms with van der Waals surface area (Å²) < 4.78 is 18.1. The van der Waals surface area contributed by atoms with Gasteiger partial charge in [-0.15, -0.1) is 0 Å². The van der Waals surface area contributed by atoms with E-state index in [4.69, 9.17) is 14.2 Å². The summed E-state index contributed by atoms with van der Waals surface area (Å²) in [4.78, 5) is 83.7. The summed E-state index contributed by atoms with van der Waals surface area (Å²) in [6, 6.07) is 13.2. The lowest BCUT2D eigenvalue weighted by atomic mass is 9.83. The van der Waals surface area contributed by atoms with Crippen LogP contribution in [0.5, 0.6) is 5.75 Å². The second-order valence-corrected chi connectivity index (χ2v) is 16.9. The number of ketones is 1. The van der Waals surface area contributed by atoms with E-state index in [2.05, 4.69) is 21.3 Å². The maximum absolute atomic E-state index is 14.6. The van der Waals surface area contributed by atoms with Crippen LogP contribution in [-0.2, 0) is 44.7 Å². The zero-order valence-corrected chi connectivity index (χ0v) is 35.1. The van der Waals surface area contributed by atoms with Crippen LogP contribution in [0.2, 0.25) is 0 Å². The molecule has 0 spiro atoms. The normalized spacial score (nSPS) is 21.9. The minimum Gasteiger partial charge on any atom is -0.494 e. The molecule has 5 amide bonds. The molecule has 3 aliphatic rings. The zero-order valence-electron chi connectivity index (χ0n) is 35.1. The molecule has 2 heterocycles. The van der Waals surface area contributed by atoms with Crippen molar-refractivity contribution >= 4 is 35.3 Å². The maximum atomic E-state index is 14.6. The Morgan fingerprint density at radius 1 is 0.932 bits per heavy atom. The molecule has 59 heavy (non-hydrogen) atoms. The minimum atomic E-state index is -1.19. The second kappa shape index (κ2) is 22.0.